The number of carbonyl (C=O) groups is 2. The summed E-state index contributed by atoms with van der Waals surface area (Å²) in [6, 6.07) is 5.52. The van der Waals surface area contributed by atoms with Crippen molar-refractivity contribution in [2.24, 2.45) is 0 Å². The van der Waals surface area contributed by atoms with Crippen molar-refractivity contribution in [2.45, 2.75) is 6.42 Å². The van der Waals surface area contributed by atoms with Gasteiger partial charge in [0.05, 0.1) is 6.42 Å². The molecular formula is C11H12FNO3. The van der Waals surface area contributed by atoms with Gasteiger partial charge in [0.1, 0.15) is 5.82 Å². The minimum Gasteiger partial charge on any atom is -0.455 e. The van der Waals surface area contributed by atoms with Crippen LogP contribution >= 0.6 is 0 Å². The lowest BCUT2D eigenvalue weighted by atomic mass is 10.1. The van der Waals surface area contributed by atoms with Gasteiger partial charge in [0, 0.05) is 7.05 Å². The van der Waals surface area contributed by atoms with Crippen LogP contribution in [0.5, 0.6) is 0 Å². The molecule has 0 fully saturated rings. The Morgan fingerprint density at radius 2 is 1.94 bits per heavy atom. The third kappa shape index (κ3) is 4.08. The average Bonchev–Trinajstić information content (AvgIpc) is 2.29. The predicted octanol–water partition coefficient (Wildman–Crippen LogP) is 0.657. The van der Waals surface area contributed by atoms with Gasteiger partial charge in [-0.25, -0.2) is 4.39 Å². The lowest BCUT2D eigenvalue weighted by Crippen LogP contribution is -2.25. The van der Waals surface area contributed by atoms with Gasteiger partial charge in [0.15, 0.2) is 6.61 Å². The summed E-state index contributed by atoms with van der Waals surface area (Å²) in [6.07, 6.45) is 0.0251. The number of hydrogen-bond acceptors (Lipinski definition) is 3. The smallest absolute Gasteiger partial charge is 0.310 e. The van der Waals surface area contributed by atoms with Crippen LogP contribution in [0.3, 0.4) is 0 Å². The molecule has 0 aliphatic carbocycles. The Hall–Kier alpha value is -1.91. The van der Waals surface area contributed by atoms with Crippen molar-refractivity contribution in [3.63, 3.8) is 0 Å². The third-order valence-corrected chi connectivity index (χ3v) is 1.90. The fourth-order valence-corrected chi connectivity index (χ4v) is 1.04. The summed E-state index contributed by atoms with van der Waals surface area (Å²) in [6.45, 7) is -0.295. The zero-order valence-corrected chi connectivity index (χ0v) is 8.83. The van der Waals surface area contributed by atoms with E-state index >= 15 is 0 Å². The largest absolute Gasteiger partial charge is 0.455 e. The van der Waals surface area contributed by atoms with Crippen molar-refractivity contribution in [3.8, 4) is 0 Å². The first-order chi connectivity index (χ1) is 7.61. The van der Waals surface area contributed by atoms with Crippen molar-refractivity contribution in [1.82, 2.24) is 5.32 Å². The Morgan fingerprint density at radius 3 is 2.50 bits per heavy atom. The number of amides is 1. The van der Waals surface area contributed by atoms with Gasteiger partial charge in [-0.05, 0) is 17.7 Å². The number of likely N-dealkylation sites (N-methyl/N-ethyl adjacent to an activating group) is 1. The average molecular weight is 225 g/mol. The molecule has 4 nitrogen and oxygen atoms in total. The van der Waals surface area contributed by atoms with E-state index in [1.807, 2.05) is 0 Å². The molecule has 1 aromatic rings. The van der Waals surface area contributed by atoms with Gasteiger partial charge in [0.25, 0.3) is 5.91 Å². The first-order valence-corrected chi connectivity index (χ1v) is 4.72. The van der Waals surface area contributed by atoms with Crippen LogP contribution < -0.4 is 5.32 Å². The molecule has 0 spiro atoms. The van der Waals surface area contributed by atoms with Crippen LogP contribution in [0.4, 0.5) is 4.39 Å². The van der Waals surface area contributed by atoms with E-state index in [1.54, 1.807) is 0 Å². The molecule has 16 heavy (non-hydrogen) atoms. The Labute approximate surface area is 92.4 Å². The standard InChI is InChI=1S/C11H12FNO3/c1-13-10(14)7-16-11(15)6-8-2-4-9(12)5-3-8/h2-5H,6-7H2,1H3,(H,13,14). The Morgan fingerprint density at radius 1 is 1.31 bits per heavy atom. The molecule has 0 saturated heterocycles. The van der Waals surface area contributed by atoms with Crippen molar-refractivity contribution in [3.05, 3.63) is 35.6 Å². The second-order valence-electron chi connectivity index (χ2n) is 3.14. The Kier molecular flexibility index (Phi) is 4.44. The molecule has 1 aromatic carbocycles. The van der Waals surface area contributed by atoms with E-state index in [4.69, 9.17) is 0 Å². The summed E-state index contributed by atoms with van der Waals surface area (Å²) in [7, 11) is 1.45. The summed E-state index contributed by atoms with van der Waals surface area (Å²) in [5.74, 6) is -1.25. The van der Waals surface area contributed by atoms with E-state index in [-0.39, 0.29) is 24.8 Å². The predicted molar refractivity (Wildman–Crippen MR) is 55.1 cm³/mol. The fourth-order valence-electron chi connectivity index (χ4n) is 1.04. The molecule has 0 saturated carbocycles. The van der Waals surface area contributed by atoms with E-state index in [0.29, 0.717) is 5.56 Å². The normalized spacial score (nSPS) is 9.62. The minimum absolute atomic E-state index is 0.0251. The topological polar surface area (TPSA) is 55.4 Å². The fraction of sp³-hybridized carbons (Fsp3) is 0.273. The maximum absolute atomic E-state index is 12.6. The highest BCUT2D eigenvalue weighted by Gasteiger charge is 2.07. The number of hydrogen-bond donors (Lipinski definition) is 1. The second kappa shape index (κ2) is 5.85. The van der Waals surface area contributed by atoms with Crippen LogP contribution in [0.1, 0.15) is 5.56 Å². The molecule has 0 radical (unpaired) electrons. The van der Waals surface area contributed by atoms with Crippen molar-refractivity contribution >= 4 is 11.9 Å². The van der Waals surface area contributed by atoms with E-state index in [2.05, 4.69) is 10.1 Å². The highest BCUT2D eigenvalue weighted by Crippen LogP contribution is 2.04. The third-order valence-electron chi connectivity index (χ3n) is 1.90. The molecule has 0 atom stereocenters. The molecule has 0 aromatic heterocycles. The van der Waals surface area contributed by atoms with Crippen LogP contribution in [0.2, 0.25) is 0 Å². The van der Waals surface area contributed by atoms with Crippen molar-refractivity contribution in [2.75, 3.05) is 13.7 Å². The maximum atomic E-state index is 12.6. The van der Waals surface area contributed by atoms with E-state index < -0.39 is 5.97 Å². The molecule has 0 bridgehead atoms. The quantitative estimate of drug-likeness (QED) is 0.766. The van der Waals surface area contributed by atoms with Gasteiger partial charge >= 0.3 is 5.97 Å². The zero-order valence-electron chi connectivity index (χ0n) is 8.83. The molecule has 5 heteroatoms. The first kappa shape index (κ1) is 12.2. The number of halogens is 1. The van der Waals surface area contributed by atoms with E-state index in [1.165, 1.54) is 31.3 Å². The molecular weight excluding hydrogens is 213 g/mol. The Balaban J connectivity index is 2.40. The summed E-state index contributed by atoms with van der Waals surface area (Å²) in [5, 5.41) is 2.33. The van der Waals surface area contributed by atoms with Gasteiger partial charge in [-0.1, -0.05) is 12.1 Å². The van der Waals surface area contributed by atoms with Gasteiger partial charge in [-0.2, -0.15) is 0 Å². The highest BCUT2D eigenvalue weighted by atomic mass is 19.1. The molecule has 1 rings (SSSR count). The van der Waals surface area contributed by atoms with Crippen molar-refractivity contribution in [1.29, 1.82) is 0 Å². The lowest BCUT2D eigenvalue weighted by molar-refractivity contribution is -0.147. The number of esters is 1. The number of ether oxygens (including phenoxy) is 1. The molecule has 0 unspecified atom stereocenters. The highest BCUT2D eigenvalue weighted by molar-refractivity contribution is 5.80. The first-order valence-electron chi connectivity index (χ1n) is 4.72. The van der Waals surface area contributed by atoms with Crippen LogP contribution in [0.25, 0.3) is 0 Å². The number of rotatable bonds is 4. The van der Waals surface area contributed by atoms with Crippen molar-refractivity contribution < 1.29 is 18.7 Å². The lowest BCUT2D eigenvalue weighted by Gasteiger charge is -2.03. The second-order valence-corrected chi connectivity index (χ2v) is 3.14. The molecule has 0 heterocycles. The SMILES string of the molecule is CNC(=O)COC(=O)Cc1ccc(F)cc1. The maximum Gasteiger partial charge on any atom is 0.310 e. The summed E-state index contributed by atoms with van der Waals surface area (Å²) < 4.78 is 17.2. The van der Waals surface area contributed by atoms with Gasteiger partial charge in [-0.3, -0.25) is 9.59 Å². The summed E-state index contributed by atoms with van der Waals surface area (Å²) >= 11 is 0. The van der Waals surface area contributed by atoms with E-state index in [0.717, 1.165) is 0 Å². The summed E-state index contributed by atoms with van der Waals surface area (Å²) in [4.78, 5) is 22.0. The number of nitrogens with one attached hydrogen (secondary N) is 1. The van der Waals surface area contributed by atoms with E-state index in [9.17, 15) is 14.0 Å². The summed E-state index contributed by atoms with van der Waals surface area (Å²) in [5.41, 5.74) is 0.642. The van der Waals surface area contributed by atoms with Gasteiger partial charge in [-0.15, -0.1) is 0 Å². The molecule has 0 aliphatic heterocycles. The van der Waals surface area contributed by atoms with Gasteiger partial charge < -0.3 is 10.1 Å². The molecule has 1 N–H and O–H groups in total. The van der Waals surface area contributed by atoms with Gasteiger partial charge in [0.2, 0.25) is 0 Å². The molecule has 0 aliphatic rings. The van der Waals surface area contributed by atoms with Crippen LogP contribution in [-0.2, 0) is 20.7 Å². The molecule has 86 valence electrons. The number of carbonyl (C=O) groups excluding carboxylic acids is 2. The molecule has 1 amide bonds. The number of benzene rings is 1. The van der Waals surface area contributed by atoms with Crippen LogP contribution in [0, 0.1) is 5.82 Å². The Bertz CT molecular complexity index is 375. The zero-order chi connectivity index (χ0) is 12.0. The van der Waals surface area contributed by atoms with Crippen LogP contribution in [-0.4, -0.2) is 25.5 Å². The van der Waals surface area contributed by atoms with Crippen LogP contribution in [0.15, 0.2) is 24.3 Å². The monoisotopic (exact) mass is 225 g/mol. The minimum atomic E-state index is -0.518.